The van der Waals surface area contributed by atoms with Gasteiger partial charge in [-0.05, 0) is 25.1 Å². The van der Waals surface area contributed by atoms with Gasteiger partial charge in [-0.2, -0.15) is 0 Å². The fourth-order valence-corrected chi connectivity index (χ4v) is 2.43. The van der Waals surface area contributed by atoms with E-state index in [2.05, 4.69) is 5.32 Å². The number of esters is 1. The molecule has 0 spiro atoms. The second kappa shape index (κ2) is 5.50. The maximum atomic E-state index is 11.8. The van der Waals surface area contributed by atoms with Gasteiger partial charge in [0.05, 0.1) is 31.8 Å². The molecule has 1 N–H and O–H groups in total. The molecular weight excluding hydrogens is 230 g/mol. The molecule has 0 fully saturated rings. The average Bonchev–Trinajstić information content (AvgIpc) is 2.39. The molecule has 1 aliphatic heterocycles. The smallest absolute Gasteiger partial charge is 0.308 e. The van der Waals surface area contributed by atoms with E-state index in [-0.39, 0.29) is 12.4 Å². The van der Waals surface area contributed by atoms with Crippen LogP contribution in [0.4, 0.5) is 0 Å². The van der Waals surface area contributed by atoms with Crippen molar-refractivity contribution in [2.75, 3.05) is 20.3 Å². The van der Waals surface area contributed by atoms with Crippen molar-refractivity contribution < 1.29 is 14.3 Å². The third kappa shape index (κ3) is 2.40. The lowest BCUT2D eigenvalue weighted by Crippen LogP contribution is -2.49. The molecule has 0 saturated carbocycles. The molecule has 0 amide bonds. The van der Waals surface area contributed by atoms with Crippen LogP contribution in [0, 0.1) is 0 Å². The van der Waals surface area contributed by atoms with E-state index in [1.807, 2.05) is 38.2 Å². The summed E-state index contributed by atoms with van der Waals surface area (Å²) in [6, 6.07) is 8.05. The Morgan fingerprint density at radius 1 is 1.50 bits per heavy atom. The third-order valence-corrected chi connectivity index (χ3v) is 3.37. The van der Waals surface area contributed by atoms with Crippen molar-refractivity contribution in [3.63, 3.8) is 0 Å². The Kier molecular flexibility index (Phi) is 3.99. The molecule has 0 bridgehead atoms. The molecule has 4 nitrogen and oxygen atoms in total. The summed E-state index contributed by atoms with van der Waals surface area (Å²) in [7, 11) is 1.85. The Hall–Kier alpha value is -1.39. The number of likely N-dealkylation sites (N-methyl/N-ethyl adjacent to an activating group) is 1. The minimum Gasteiger partial charge on any atom is -0.466 e. The van der Waals surface area contributed by atoms with Crippen molar-refractivity contribution in [1.82, 2.24) is 5.32 Å². The van der Waals surface area contributed by atoms with Crippen LogP contribution in [-0.2, 0) is 26.4 Å². The fraction of sp³-hybridized carbons (Fsp3) is 0.500. The summed E-state index contributed by atoms with van der Waals surface area (Å²) in [4.78, 5) is 11.8. The predicted molar refractivity (Wildman–Crippen MR) is 68.1 cm³/mol. The summed E-state index contributed by atoms with van der Waals surface area (Å²) in [5.41, 5.74) is 1.79. The number of rotatable bonds is 4. The van der Waals surface area contributed by atoms with Gasteiger partial charge in [0.15, 0.2) is 0 Å². The predicted octanol–water partition coefficient (Wildman–Crippen LogP) is 1.58. The van der Waals surface area contributed by atoms with E-state index in [0.717, 1.165) is 11.1 Å². The molecular formula is C14H19NO3. The fourth-order valence-electron chi connectivity index (χ4n) is 2.43. The molecule has 98 valence electrons. The van der Waals surface area contributed by atoms with E-state index in [4.69, 9.17) is 9.47 Å². The van der Waals surface area contributed by atoms with Crippen LogP contribution >= 0.6 is 0 Å². The van der Waals surface area contributed by atoms with Gasteiger partial charge in [-0.25, -0.2) is 0 Å². The van der Waals surface area contributed by atoms with E-state index in [0.29, 0.717) is 19.8 Å². The van der Waals surface area contributed by atoms with Crippen molar-refractivity contribution >= 4 is 5.97 Å². The van der Waals surface area contributed by atoms with Gasteiger partial charge in [-0.15, -0.1) is 0 Å². The number of nitrogens with one attached hydrogen (secondary N) is 1. The maximum Gasteiger partial charge on any atom is 0.308 e. The molecule has 1 aliphatic rings. The Labute approximate surface area is 107 Å². The van der Waals surface area contributed by atoms with Crippen LogP contribution in [-0.4, -0.2) is 26.2 Å². The van der Waals surface area contributed by atoms with Gasteiger partial charge in [0.1, 0.15) is 0 Å². The highest BCUT2D eigenvalue weighted by atomic mass is 16.5. The zero-order valence-corrected chi connectivity index (χ0v) is 10.9. The first-order valence-corrected chi connectivity index (χ1v) is 6.22. The molecule has 1 aromatic rings. The van der Waals surface area contributed by atoms with Gasteiger partial charge >= 0.3 is 5.97 Å². The lowest BCUT2D eigenvalue weighted by Gasteiger charge is -2.38. The number of carbonyl (C=O) groups is 1. The van der Waals surface area contributed by atoms with Crippen LogP contribution in [0.25, 0.3) is 0 Å². The van der Waals surface area contributed by atoms with Crippen molar-refractivity contribution in [3.8, 4) is 0 Å². The standard InChI is InChI=1S/C14H19NO3/c1-3-18-13(16)8-14(15-2)10-17-9-11-6-4-5-7-12(11)14/h4-7,15H,3,8-10H2,1-2H3. The Morgan fingerprint density at radius 3 is 3.00 bits per heavy atom. The van der Waals surface area contributed by atoms with Crippen LogP contribution in [0.2, 0.25) is 0 Å². The normalized spacial score (nSPS) is 22.3. The molecule has 1 heterocycles. The molecule has 1 atom stereocenters. The van der Waals surface area contributed by atoms with Crippen LogP contribution < -0.4 is 5.32 Å². The highest BCUT2D eigenvalue weighted by Gasteiger charge is 2.38. The van der Waals surface area contributed by atoms with Crippen molar-refractivity contribution in [3.05, 3.63) is 35.4 Å². The van der Waals surface area contributed by atoms with Crippen LogP contribution in [0.15, 0.2) is 24.3 Å². The highest BCUT2D eigenvalue weighted by Crippen LogP contribution is 2.33. The number of hydrogen-bond donors (Lipinski definition) is 1. The van der Waals surface area contributed by atoms with Gasteiger partial charge < -0.3 is 14.8 Å². The lowest BCUT2D eigenvalue weighted by molar-refractivity contribution is -0.146. The quantitative estimate of drug-likeness (QED) is 0.823. The Morgan fingerprint density at radius 2 is 2.28 bits per heavy atom. The lowest BCUT2D eigenvalue weighted by atomic mass is 9.83. The monoisotopic (exact) mass is 249 g/mol. The zero-order chi connectivity index (χ0) is 13.0. The maximum absolute atomic E-state index is 11.8. The molecule has 0 radical (unpaired) electrons. The minimum atomic E-state index is -0.471. The number of carbonyl (C=O) groups excluding carboxylic acids is 1. The van der Waals surface area contributed by atoms with E-state index in [1.165, 1.54) is 0 Å². The number of ether oxygens (including phenoxy) is 2. The third-order valence-electron chi connectivity index (χ3n) is 3.37. The van der Waals surface area contributed by atoms with Gasteiger partial charge in [-0.3, -0.25) is 4.79 Å². The van der Waals surface area contributed by atoms with Crippen LogP contribution in [0.3, 0.4) is 0 Å². The van der Waals surface area contributed by atoms with Crippen molar-refractivity contribution in [2.45, 2.75) is 25.5 Å². The summed E-state index contributed by atoms with van der Waals surface area (Å²) < 4.78 is 10.7. The molecule has 1 aromatic carbocycles. The number of benzene rings is 1. The molecule has 0 saturated heterocycles. The molecule has 0 aliphatic carbocycles. The van der Waals surface area contributed by atoms with Gasteiger partial charge in [0.25, 0.3) is 0 Å². The molecule has 0 aromatic heterocycles. The average molecular weight is 249 g/mol. The molecule has 18 heavy (non-hydrogen) atoms. The summed E-state index contributed by atoms with van der Waals surface area (Å²) >= 11 is 0. The summed E-state index contributed by atoms with van der Waals surface area (Å²) in [6.07, 6.45) is 0.286. The summed E-state index contributed by atoms with van der Waals surface area (Å²) in [5.74, 6) is -0.202. The summed E-state index contributed by atoms with van der Waals surface area (Å²) in [5, 5.41) is 3.24. The first-order chi connectivity index (χ1) is 8.72. The number of fused-ring (bicyclic) bond motifs is 1. The first-order valence-electron chi connectivity index (χ1n) is 6.22. The molecule has 2 rings (SSSR count). The van der Waals surface area contributed by atoms with E-state index < -0.39 is 5.54 Å². The molecule has 1 unspecified atom stereocenters. The summed E-state index contributed by atoms with van der Waals surface area (Å²) in [6.45, 7) is 3.30. The zero-order valence-electron chi connectivity index (χ0n) is 10.9. The van der Waals surface area contributed by atoms with Gasteiger partial charge in [0, 0.05) is 0 Å². The van der Waals surface area contributed by atoms with Crippen molar-refractivity contribution in [1.29, 1.82) is 0 Å². The van der Waals surface area contributed by atoms with E-state index in [9.17, 15) is 4.79 Å². The van der Waals surface area contributed by atoms with E-state index in [1.54, 1.807) is 0 Å². The van der Waals surface area contributed by atoms with Crippen LogP contribution in [0.5, 0.6) is 0 Å². The van der Waals surface area contributed by atoms with Crippen LogP contribution in [0.1, 0.15) is 24.5 Å². The largest absolute Gasteiger partial charge is 0.466 e. The van der Waals surface area contributed by atoms with E-state index >= 15 is 0 Å². The topological polar surface area (TPSA) is 47.6 Å². The first kappa shape index (κ1) is 13.1. The second-order valence-corrected chi connectivity index (χ2v) is 4.46. The Balaban J connectivity index is 2.30. The number of hydrogen-bond acceptors (Lipinski definition) is 4. The Bertz CT molecular complexity index is 433. The van der Waals surface area contributed by atoms with Gasteiger partial charge in [0.2, 0.25) is 0 Å². The minimum absolute atomic E-state index is 0.202. The highest BCUT2D eigenvalue weighted by molar-refractivity contribution is 5.71. The SMILES string of the molecule is CCOC(=O)CC1(NC)COCc2ccccc21. The van der Waals surface area contributed by atoms with Gasteiger partial charge in [-0.1, -0.05) is 24.3 Å². The second-order valence-electron chi connectivity index (χ2n) is 4.46. The van der Waals surface area contributed by atoms with Crippen molar-refractivity contribution in [2.24, 2.45) is 0 Å². The molecule has 4 heteroatoms.